The molecule has 0 unspecified atom stereocenters. The first-order valence-corrected chi connectivity index (χ1v) is 34.5. The second-order valence-electron chi connectivity index (χ2n) is 27.9. The maximum Gasteiger partial charge on any atom is 0.351 e. The Balaban J connectivity index is 0.000000119. The van der Waals surface area contributed by atoms with Gasteiger partial charge in [0.15, 0.2) is 22.4 Å². The zero-order valence-corrected chi connectivity index (χ0v) is 61.3. The van der Waals surface area contributed by atoms with Crippen molar-refractivity contribution in [3.63, 3.8) is 0 Å². The van der Waals surface area contributed by atoms with Gasteiger partial charge < -0.3 is 0 Å². The van der Waals surface area contributed by atoms with E-state index in [0.717, 1.165) is 67.3 Å². The van der Waals surface area contributed by atoms with Crippen molar-refractivity contribution in [3.8, 4) is 45.6 Å². The molecule has 4 heterocycles. The first-order chi connectivity index (χ1) is 47.8. The Morgan fingerprint density at radius 3 is 0.920 bits per heavy atom. The minimum atomic E-state index is -0.253. The Kier molecular flexibility index (Phi) is 18.2. The minimum Gasteiger partial charge on any atom is -0.232 e. The van der Waals surface area contributed by atoms with E-state index in [1.165, 1.54) is 138 Å². The monoisotopic (exact) mass is 1310 g/mol. The summed E-state index contributed by atoms with van der Waals surface area (Å²) in [6, 6.07) is 59.3. The first kappa shape index (κ1) is 67.5. The van der Waals surface area contributed by atoms with Gasteiger partial charge in [0.25, 0.3) is 0 Å². The van der Waals surface area contributed by atoms with E-state index in [2.05, 4.69) is 279 Å². The fourth-order valence-corrected chi connectivity index (χ4v) is 14.6. The van der Waals surface area contributed by atoms with Crippen molar-refractivity contribution in [2.45, 2.75) is 104 Å². The van der Waals surface area contributed by atoms with Crippen LogP contribution < -0.4 is 18.4 Å². The third-order valence-corrected chi connectivity index (χ3v) is 20.5. The summed E-state index contributed by atoms with van der Waals surface area (Å²) >= 11 is 0. The van der Waals surface area contributed by atoms with E-state index in [9.17, 15) is 0 Å². The maximum absolute atomic E-state index is 15.1. The van der Waals surface area contributed by atoms with Crippen LogP contribution in [0.1, 0.15) is 83.5 Å². The lowest BCUT2D eigenvalue weighted by molar-refractivity contribution is -0.720. The normalized spacial score (nSPS) is 11.4. The SMILES string of the molecule is Cc1cc(C)c(C)c(-c2nc3c(C)c4ccccc4cc3c[n+]2C)c1.Cc1cc(C)c(C)c(-c2nc3c(C)c4ccccc4cc3c[n+]2C)c1.Cc1cc(C)c(C)c(-c2nc3c(C)c4ccccc4cc3n[n+]2C)c1.Cc1cc(C)c(C)c(-c2nc3c(F)c4ccccc4cc3c[n+]2C)c1. The van der Waals surface area contributed by atoms with E-state index >= 15 is 4.39 Å². The number of aryl methyl sites for hydroxylation is 15. The van der Waals surface area contributed by atoms with Gasteiger partial charge in [-0.1, -0.05) is 126 Å². The van der Waals surface area contributed by atoms with Crippen LogP contribution in [0, 0.1) is 110 Å². The third-order valence-electron chi connectivity index (χ3n) is 20.5. The van der Waals surface area contributed by atoms with E-state index in [1.807, 2.05) is 53.8 Å². The minimum absolute atomic E-state index is 0.253. The second-order valence-corrected chi connectivity index (χ2v) is 27.9. The van der Waals surface area contributed by atoms with Crippen LogP contribution in [0.5, 0.6) is 0 Å². The van der Waals surface area contributed by atoms with Gasteiger partial charge in [0.05, 0.1) is 59.6 Å². The number of fused-ring (bicyclic) bond motifs is 8. The third kappa shape index (κ3) is 12.7. The van der Waals surface area contributed by atoms with Crippen molar-refractivity contribution in [1.29, 1.82) is 0 Å². The Morgan fingerprint density at radius 1 is 0.270 bits per heavy atom. The Labute approximate surface area is 586 Å². The summed E-state index contributed by atoms with van der Waals surface area (Å²) in [7, 11) is 8.11. The van der Waals surface area contributed by atoms with Gasteiger partial charge in [-0.2, -0.15) is 0 Å². The highest BCUT2D eigenvalue weighted by molar-refractivity contribution is 6.02. The van der Waals surface area contributed by atoms with E-state index in [4.69, 9.17) is 25.0 Å². The van der Waals surface area contributed by atoms with E-state index in [-0.39, 0.29) is 5.82 Å². The maximum atomic E-state index is 15.1. The van der Waals surface area contributed by atoms with Gasteiger partial charge in [0, 0.05) is 22.1 Å². The van der Waals surface area contributed by atoms with Gasteiger partial charge in [0.1, 0.15) is 25.6 Å². The van der Waals surface area contributed by atoms with E-state index in [0.29, 0.717) is 10.9 Å². The molecule has 12 aromatic carbocycles. The van der Waals surface area contributed by atoms with Gasteiger partial charge in [-0.25, -0.2) is 18.1 Å². The zero-order valence-electron chi connectivity index (χ0n) is 61.3. The number of halogens is 1. The topological polar surface area (TPSA) is 80.0 Å². The molecule has 16 rings (SSSR count). The molecule has 0 atom stereocenters. The molecule has 0 aliphatic heterocycles. The fraction of sp³-hybridized carbons (Fsp3) is 0.211. The molecule has 16 aromatic rings. The van der Waals surface area contributed by atoms with Crippen molar-refractivity contribution >= 4 is 86.8 Å². The summed E-state index contributed by atoms with van der Waals surface area (Å²) < 4.78 is 23.3. The Morgan fingerprint density at radius 2 is 0.550 bits per heavy atom. The molecular weight excluding hydrogens is 1230 g/mol. The summed E-state index contributed by atoms with van der Waals surface area (Å²) in [6.07, 6.45) is 6.37. The predicted molar refractivity (Wildman–Crippen MR) is 412 cm³/mol. The van der Waals surface area contributed by atoms with Crippen molar-refractivity contribution < 1.29 is 22.8 Å². The summed E-state index contributed by atoms with van der Waals surface area (Å²) in [5.41, 5.74) is 28.0. The number of aromatic nitrogens is 9. The smallest absolute Gasteiger partial charge is 0.232 e. The summed E-state index contributed by atoms with van der Waals surface area (Å²) in [6.45, 7) is 32.2. The average Bonchev–Trinajstić information content (AvgIpc) is 0.775. The molecule has 0 spiro atoms. The molecule has 0 bridgehead atoms. The number of hydrogen-bond acceptors (Lipinski definition) is 5. The van der Waals surface area contributed by atoms with Crippen LogP contribution in [0.3, 0.4) is 0 Å². The first-order valence-electron chi connectivity index (χ1n) is 34.5. The lowest BCUT2D eigenvalue weighted by Gasteiger charge is -2.10. The molecule has 0 fully saturated rings. The van der Waals surface area contributed by atoms with Gasteiger partial charge in [0.2, 0.25) is 11.0 Å². The van der Waals surface area contributed by atoms with Crippen molar-refractivity contribution in [2.75, 3.05) is 0 Å². The molecule has 4 aromatic heterocycles. The van der Waals surface area contributed by atoms with Gasteiger partial charge >= 0.3 is 23.3 Å². The molecule has 0 N–H and O–H groups in total. The van der Waals surface area contributed by atoms with Crippen molar-refractivity contribution in [1.82, 2.24) is 25.0 Å². The summed E-state index contributed by atoms with van der Waals surface area (Å²) in [5, 5.41) is 17.0. The lowest BCUT2D eigenvalue weighted by Crippen LogP contribution is -2.37. The van der Waals surface area contributed by atoms with Crippen molar-refractivity contribution in [2.24, 2.45) is 28.2 Å². The quantitative estimate of drug-likeness (QED) is 0.130. The Hall–Kier alpha value is -11.1. The largest absolute Gasteiger partial charge is 0.351 e. The highest BCUT2D eigenvalue weighted by Gasteiger charge is 2.27. The summed E-state index contributed by atoms with van der Waals surface area (Å²) in [4.78, 5) is 20.0. The lowest BCUT2D eigenvalue weighted by atomic mass is 9.98. The Bertz CT molecular complexity index is 5310. The number of nitrogens with zero attached hydrogens (tertiary/aromatic N) is 9. The van der Waals surface area contributed by atoms with Crippen LogP contribution in [0.2, 0.25) is 0 Å². The molecule has 0 radical (unpaired) electrons. The number of rotatable bonds is 4. The summed E-state index contributed by atoms with van der Waals surface area (Å²) in [5.74, 6) is 3.49. The fourth-order valence-electron chi connectivity index (χ4n) is 14.6. The average molecular weight is 1310 g/mol. The van der Waals surface area contributed by atoms with Gasteiger partial charge in [-0.3, -0.25) is 0 Å². The van der Waals surface area contributed by atoms with Gasteiger partial charge in [-0.15, -0.1) is 4.68 Å². The highest BCUT2D eigenvalue weighted by atomic mass is 19.1. The molecule has 0 saturated heterocycles. The second kappa shape index (κ2) is 27.0. The van der Waals surface area contributed by atoms with Crippen LogP contribution in [0.25, 0.3) is 132 Å². The van der Waals surface area contributed by atoms with E-state index < -0.39 is 0 Å². The van der Waals surface area contributed by atoms with Crippen LogP contribution >= 0.6 is 0 Å². The van der Waals surface area contributed by atoms with Crippen LogP contribution in [-0.4, -0.2) is 25.0 Å². The molecular formula is C90H88FN9+4. The number of hydrogen-bond donors (Lipinski definition) is 0. The van der Waals surface area contributed by atoms with Crippen LogP contribution in [0.4, 0.5) is 4.39 Å². The molecule has 0 aliphatic carbocycles. The number of benzene rings is 12. The highest BCUT2D eigenvalue weighted by Crippen LogP contribution is 2.35. The molecule has 0 amide bonds. The van der Waals surface area contributed by atoms with Crippen molar-refractivity contribution in [3.05, 3.63) is 278 Å². The molecule has 9 nitrogen and oxygen atoms in total. The van der Waals surface area contributed by atoms with Crippen LogP contribution in [0.15, 0.2) is 188 Å². The molecule has 0 aliphatic rings. The molecule has 496 valence electrons. The molecule has 100 heavy (non-hydrogen) atoms. The van der Waals surface area contributed by atoms with Gasteiger partial charge in [-0.05, 0) is 277 Å². The zero-order chi connectivity index (χ0) is 70.9. The predicted octanol–water partition coefficient (Wildman–Crippen LogP) is 19.7. The molecule has 0 saturated carbocycles. The van der Waals surface area contributed by atoms with Crippen LogP contribution in [-0.2, 0) is 28.2 Å². The van der Waals surface area contributed by atoms with E-state index in [1.54, 1.807) is 6.07 Å². The molecule has 10 heteroatoms. The standard InChI is InChI=1S/2C23H23N2.C22H20FN2.C22H22N3/c2*1-14-10-15(2)16(3)21(11-14)23-24-22-17(4)20-9-7-6-8-18(20)12-19(22)13-25(23)5;1-13-9-14(2)15(3)19(10-13)22-24-21-17(12-25(22)4)11-16-7-5-6-8-18(16)20(21)23;1-13-10-14(2)15(3)19(11-13)22-23-21-16(4)18-9-7-6-8-17(18)12-20(21)24-25(22)5/h2*6-13H,1-5H3;5-12H,1-4H3;6-12H,1-5H3/q4*+1.